The third kappa shape index (κ3) is 5.59. The van der Waals surface area contributed by atoms with E-state index in [2.05, 4.69) is 15.4 Å². The van der Waals surface area contributed by atoms with Gasteiger partial charge in [-0.1, -0.05) is 23.7 Å². The van der Waals surface area contributed by atoms with Crippen molar-refractivity contribution in [1.29, 1.82) is 0 Å². The van der Waals surface area contributed by atoms with Crippen LogP contribution in [0.2, 0.25) is 5.02 Å². The van der Waals surface area contributed by atoms with Crippen LogP contribution < -0.4 is 10.6 Å². The highest BCUT2D eigenvalue weighted by Gasteiger charge is 2.05. The molecule has 0 aromatic heterocycles. The average molecular weight is 347 g/mol. The number of anilines is 1. The number of carbonyl (C=O) groups is 2. The Hall–Kier alpha value is -2.53. The molecule has 2 aromatic rings. The molecule has 5 nitrogen and oxygen atoms in total. The molecule has 24 heavy (non-hydrogen) atoms. The molecule has 2 rings (SSSR count). The van der Waals surface area contributed by atoms with Crippen molar-refractivity contribution in [3.8, 4) is 0 Å². The van der Waals surface area contributed by atoms with Crippen LogP contribution in [0, 0.1) is 0 Å². The molecule has 0 radical (unpaired) electrons. The van der Waals surface area contributed by atoms with Crippen molar-refractivity contribution < 1.29 is 14.3 Å². The highest BCUT2D eigenvalue weighted by molar-refractivity contribution is 6.30. The smallest absolute Gasteiger partial charge is 0.337 e. The lowest BCUT2D eigenvalue weighted by atomic mass is 10.1. The summed E-state index contributed by atoms with van der Waals surface area (Å²) in [5.41, 5.74) is 2.34. The van der Waals surface area contributed by atoms with Crippen molar-refractivity contribution in [2.24, 2.45) is 0 Å². The van der Waals surface area contributed by atoms with Crippen molar-refractivity contribution in [2.45, 2.75) is 6.42 Å². The Bertz CT molecular complexity index is 684. The molecule has 0 bridgehead atoms. The quantitative estimate of drug-likeness (QED) is 0.756. The standard InChI is InChI=1S/C18H19ClN2O3/c1-24-18(23)14-4-8-16(9-5-14)21-12-17(22)20-11-10-13-2-6-15(19)7-3-13/h2-9,21H,10-12H2,1H3,(H,20,22). The first-order chi connectivity index (χ1) is 11.6. The van der Waals surface area contributed by atoms with Crippen molar-refractivity contribution in [1.82, 2.24) is 5.32 Å². The van der Waals surface area contributed by atoms with Gasteiger partial charge < -0.3 is 15.4 Å². The van der Waals surface area contributed by atoms with E-state index in [1.54, 1.807) is 24.3 Å². The minimum atomic E-state index is -0.388. The predicted octanol–water partition coefficient (Wildman–Crippen LogP) is 2.90. The van der Waals surface area contributed by atoms with Crippen LogP contribution in [0.3, 0.4) is 0 Å². The van der Waals surface area contributed by atoms with Gasteiger partial charge >= 0.3 is 5.97 Å². The van der Waals surface area contributed by atoms with E-state index in [0.717, 1.165) is 17.7 Å². The molecule has 0 spiro atoms. The van der Waals surface area contributed by atoms with Crippen LogP contribution >= 0.6 is 11.6 Å². The molecule has 0 fully saturated rings. The van der Waals surface area contributed by atoms with Crippen LogP contribution in [-0.2, 0) is 16.0 Å². The van der Waals surface area contributed by atoms with E-state index in [0.29, 0.717) is 17.1 Å². The fraction of sp³-hybridized carbons (Fsp3) is 0.222. The molecule has 0 saturated heterocycles. The minimum absolute atomic E-state index is 0.0963. The Morgan fingerprint density at radius 1 is 1.04 bits per heavy atom. The normalized spacial score (nSPS) is 10.1. The molecule has 0 aliphatic carbocycles. The first-order valence-corrected chi connectivity index (χ1v) is 7.89. The van der Waals surface area contributed by atoms with Gasteiger partial charge in [-0.3, -0.25) is 4.79 Å². The zero-order chi connectivity index (χ0) is 17.4. The van der Waals surface area contributed by atoms with E-state index in [-0.39, 0.29) is 18.4 Å². The van der Waals surface area contributed by atoms with Gasteiger partial charge in [-0.2, -0.15) is 0 Å². The summed E-state index contributed by atoms with van der Waals surface area (Å²) in [7, 11) is 1.34. The minimum Gasteiger partial charge on any atom is -0.465 e. The number of rotatable bonds is 7. The molecule has 0 aliphatic rings. The zero-order valence-electron chi connectivity index (χ0n) is 13.3. The number of nitrogens with one attached hydrogen (secondary N) is 2. The number of amides is 1. The lowest BCUT2D eigenvalue weighted by Crippen LogP contribution is -2.31. The largest absolute Gasteiger partial charge is 0.465 e. The Kier molecular flexibility index (Phi) is 6.63. The lowest BCUT2D eigenvalue weighted by Gasteiger charge is -2.08. The molecular weight excluding hydrogens is 328 g/mol. The van der Waals surface area contributed by atoms with E-state index in [1.165, 1.54) is 7.11 Å². The SMILES string of the molecule is COC(=O)c1ccc(NCC(=O)NCCc2ccc(Cl)cc2)cc1. The molecule has 126 valence electrons. The van der Waals surface area contributed by atoms with Crippen molar-refractivity contribution in [3.05, 3.63) is 64.7 Å². The molecule has 1 amide bonds. The molecule has 0 heterocycles. The third-order valence-corrected chi connectivity index (χ3v) is 3.66. The van der Waals surface area contributed by atoms with E-state index in [9.17, 15) is 9.59 Å². The highest BCUT2D eigenvalue weighted by Crippen LogP contribution is 2.10. The Labute approximate surface area is 146 Å². The monoisotopic (exact) mass is 346 g/mol. The second-order valence-corrected chi connectivity index (χ2v) is 5.59. The Morgan fingerprint density at radius 3 is 2.33 bits per heavy atom. The lowest BCUT2D eigenvalue weighted by molar-refractivity contribution is -0.119. The number of carbonyl (C=O) groups excluding carboxylic acids is 2. The number of hydrogen-bond donors (Lipinski definition) is 2. The van der Waals surface area contributed by atoms with Crippen molar-refractivity contribution in [3.63, 3.8) is 0 Å². The number of esters is 1. The van der Waals surface area contributed by atoms with Gasteiger partial charge in [0, 0.05) is 17.3 Å². The maximum absolute atomic E-state index is 11.8. The van der Waals surface area contributed by atoms with Crippen LogP contribution in [0.4, 0.5) is 5.69 Å². The van der Waals surface area contributed by atoms with E-state index in [1.807, 2.05) is 24.3 Å². The van der Waals surface area contributed by atoms with Gasteiger partial charge in [0.1, 0.15) is 0 Å². The summed E-state index contributed by atoms with van der Waals surface area (Å²) in [6, 6.07) is 14.3. The maximum atomic E-state index is 11.8. The second-order valence-electron chi connectivity index (χ2n) is 5.15. The molecule has 2 aromatic carbocycles. The van der Waals surface area contributed by atoms with Crippen LogP contribution in [-0.4, -0.2) is 32.1 Å². The summed E-state index contributed by atoms with van der Waals surface area (Å²) in [6.07, 6.45) is 0.747. The summed E-state index contributed by atoms with van der Waals surface area (Å²) >= 11 is 5.83. The van der Waals surface area contributed by atoms with Crippen LogP contribution in [0.25, 0.3) is 0 Å². The first-order valence-electron chi connectivity index (χ1n) is 7.52. The molecule has 0 unspecified atom stereocenters. The van der Waals surface area contributed by atoms with Gasteiger partial charge in [0.05, 0.1) is 19.2 Å². The second kappa shape index (κ2) is 8.93. The zero-order valence-corrected chi connectivity index (χ0v) is 14.1. The van der Waals surface area contributed by atoms with Gasteiger partial charge in [0.2, 0.25) is 5.91 Å². The van der Waals surface area contributed by atoms with Gasteiger partial charge in [0.25, 0.3) is 0 Å². The van der Waals surface area contributed by atoms with E-state index < -0.39 is 0 Å². The van der Waals surface area contributed by atoms with E-state index in [4.69, 9.17) is 11.6 Å². The molecule has 2 N–H and O–H groups in total. The maximum Gasteiger partial charge on any atom is 0.337 e. The van der Waals surface area contributed by atoms with Gasteiger partial charge in [-0.25, -0.2) is 4.79 Å². The van der Waals surface area contributed by atoms with Crippen molar-refractivity contribution in [2.75, 3.05) is 25.5 Å². The molecule has 6 heteroatoms. The summed E-state index contributed by atoms with van der Waals surface area (Å²) in [6.45, 7) is 0.724. The topological polar surface area (TPSA) is 67.4 Å². The number of benzene rings is 2. The molecular formula is C18H19ClN2O3. The summed E-state index contributed by atoms with van der Waals surface area (Å²) < 4.78 is 4.63. The third-order valence-electron chi connectivity index (χ3n) is 3.41. The summed E-state index contributed by atoms with van der Waals surface area (Å²) in [5.74, 6) is -0.484. The highest BCUT2D eigenvalue weighted by atomic mass is 35.5. The first kappa shape index (κ1) is 17.8. The van der Waals surface area contributed by atoms with Gasteiger partial charge in [0.15, 0.2) is 0 Å². The Morgan fingerprint density at radius 2 is 1.71 bits per heavy atom. The molecule has 0 atom stereocenters. The fourth-order valence-electron chi connectivity index (χ4n) is 2.08. The summed E-state index contributed by atoms with van der Waals surface area (Å²) in [5, 5.41) is 6.55. The van der Waals surface area contributed by atoms with Gasteiger partial charge in [-0.05, 0) is 48.4 Å². The Balaban J connectivity index is 1.71. The van der Waals surface area contributed by atoms with Crippen molar-refractivity contribution >= 4 is 29.2 Å². The number of methoxy groups -OCH3 is 1. The number of halogens is 1. The molecule has 0 aliphatic heterocycles. The number of hydrogen-bond acceptors (Lipinski definition) is 4. The van der Waals surface area contributed by atoms with Crippen LogP contribution in [0.1, 0.15) is 15.9 Å². The van der Waals surface area contributed by atoms with Crippen LogP contribution in [0.5, 0.6) is 0 Å². The average Bonchev–Trinajstić information content (AvgIpc) is 2.61. The predicted molar refractivity (Wildman–Crippen MR) is 94.4 cm³/mol. The summed E-state index contributed by atoms with van der Waals surface area (Å²) in [4.78, 5) is 23.1. The number of ether oxygens (including phenoxy) is 1. The molecule has 0 saturated carbocycles. The van der Waals surface area contributed by atoms with Gasteiger partial charge in [-0.15, -0.1) is 0 Å². The van der Waals surface area contributed by atoms with Crippen LogP contribution in [0.15, 0.2) is 48.5 Å². The fourth-order valence-corrected chi connectivity index (χ4v) is 2.21. The van der Waals surface area contributed by atoms with E-state index >= 15 is 0 Å².